The van der Waals surface area contributed by atoms with Crippen molar-refractivity contribution in [2.24, 2.45) is 11.8 Å². The Kier molecular flexibility index (Phi) is 6.99. The molecule has 0 radical (unpaired) electrons. The summed E-state index contributed by atoms with van der Waals surface area (Å²) in [5.41, 5.74) is -0.118. The number of rotatable bonds is 9. The summed E-state index contributed by atoms with van der Waals surface area (Å²) < 4.78 is 51.8. The van der Waals surface area contributed by atoms with Gasteiger partial charge in [-0.15, -0.1) is 0 Å². The minimum atomic E-state index is -0.949. The van der Waals surface area contributed by atoms with Gasteiger partial charge >= 0.3 is 12.0 Å². The van der Waals surface area contributed by atoms with Crippen LogP contribution in [-0.4, -0.2) is 74.0 Å². The van der Waals surface area contributed by atoms with Gasteiger partial charge in [-0.2, -0.15) is 9.97 Å². The molecule has 7 rings (SSSR count). The van der Waals surface area contributed by atoms with Crippen molar-refractivity contribution in [3.05, 3.63) is 47.7 Å². The average Bonchev–Trinajstić information content (AvgIpc) is 3.59. The third kappa shape index (κ3) is 4.85. The monoisotopic (exact) mass is 607 g/mol. The Morgan fingerprint density at radius 3 is 2.86 bits per heavy atom. The number of pyridine rings is 1. The van der Waals surface area contributed by atoms with E-state index < -0.39 is 35.2 Å². The van der Waals surface area contributed by atoms with Crippen LogP contribution in [0.25, 0.3) is 32.9 Å². The smallest absolute Gasteiger partial charge is 0.319 e. The topological polar surface area (TPSA) is 121 Å². The van der Waals surface area contributed by atoms with Crippen LogP contribution < -0.4 is 10.1 Å². The SMILES string of the molecule is CCc1c(F)ccc2cc(O)cc(-c3ncc4c(NC[C@H]5C[C@@H]5C(=O)O)nc(OC[C@@]56CCCN5C[C@H](F)C6)nc4c3F)c12. The standard InChI is InChI=1S/C32H32F3N5O4/c1-2-20-24(34)5-4-16-8-19(41)10-22(25(16)20)27-26(35)28-23(13-36-27)29(37-12-17-9-21(17)30(42)43)39-31(38-28)44-15-32-6-3-7-40(32)14-18(33)11-32/h4-5,8,10,13,17-18,21,41H,2-3,6-7,9,11-12,14-15H2,1H3,(H,42,43)(H,37,38,39)/t17-,18-,21+,32+/m1/s1. The van der Waals surface area contributed by atoms with Crippen molar-refractivity contribution in [1.29, 1.82) is 0 Å². The molecule has 4 aromatic rings. The van der Waals surface area contributed by atoms with Crippen LogP contribution in [0.2, 0.25) is 0 Å². The van der Waals surface area contributed by atoms with Crippen molar-refractivity contribution in [1.82, 2.24) is 19.9 Å². The first-order valence-electron chi connectivity index (χ1n) is 15.0. The first kappa shape index (κ1) is 28.6. The molecule has 3 N–H and O–H groups in total. The summed E-state index contributed by atoms with van der Waals surface area (Å²) in [4.78, 5) is 26.8. The Balaban J connectivity index is 1.32. The summed E-state index contributed by atoms with van der Waals surface area (Å²) in [6.07, 6.45) is 3.35. The van der Waals surface area contributed by atoms with E-state index in [4.69, 9.17) is 4.74 Å². The number of fused-ring (bicyclic) bond motifs is 3. The predicted molar refractivity (Wildman–Crippen MR) is 158 cm³/mol. The Labute approximate surface area is 251 Å². The van der Waals surface area contributed by atoms with Crippen molar-refractivity contribution in [3.63, 3.8) is 0 Å². The number of carbonyl (C=O) groups is 1. The number of phenolic OH excluding ortho intramolecular Hbond substituents is 1. The lowest BCUT2D eigenvalue weighted by molar-refractivity contribution is -0.138. The number of hydrogen-bond acceptors (Lipinski definition) is 8. The van der Waals surface area contributed by atoms with Gasteiger partial charge < -0.3 is 20.3 Å². The maximum absolute atomic E-state index is 16.5. The lowest BCUT2D eigenvalue weighted by atomic mass is 9.94. The second-order valence-electron chi connectivity index (χ2n) is 12.2. The first-order valence-corrected chi connectivity index (χ1v) is 15.0. The molecule has 2 aliphatic heterocycles. The van der Waals surface area contributed by atoms with Crippen molar-refractivity contribution in [2.75, 3.05) is 31.6 Å². The van der Waals surface area contributed by atoms with Crippen molar-refractivity contribution in [3.8, 4) is 23.0 Å². The van der Waals surface area contributed by atoms with E-state index in [1.54, 1.807) is 6.92 Å². The van der Waals surface area contributed by atoms with E-state index in [1.165, 1.54) is 30.5 Å². The summed E-state index contributed by atoms with van der Waals surface area (Å²) in [6.45, 7) is 3.36. The van der Waals surface area contributed by atoms with E-state index in [-0.39, 0.29) is 52.3 Å². The largest absolute Gasteiger partial charge is 0.508 e. The number of halogens is 3. The number of phenols is 1. The van der Waals surface area contributed by atoms with Crippen molar-refractivity contribution < 1.29 is 32.9 Å². The maximum Gasteiger partial charge on any atom is 0.319 e. The molecular weight excluding hydrogens is 575 g/mol. The van der Waals surface area contributed by atoms with E-state index in [0.717, 1.165) is 19.4 Å². The number of alkyl halides is 1. The molecule has 4 heterocycles. The number of aromatic hydroxyl groups is 1. The number of ether oxygens (including phenoxy) is 1. The fourth-order valence-electron chi connectivity index (χ4n) is 7.11. The molecule has 3 aliphatic rings. The van der Waals surface area contributed by atoms with Gasteiger partial charge in [-0.25, -0.2) is 13.2 Å². The number of benzene rings is 2. The minimum Gasteiger partial charge on any atom is -0.508 e. The number of hydrogen-bond donors (Lipinski definition) is 3. The summed E-state index contributed by atoms with van der Waals surface area (Å²) in [6, 6.07) is 5.59. The molecule has 230 valence electrons. The van der Waals surface area contributed by atoms with Crippen LogP contribution in [0.4, 0.5) is 19.0 Å². The number of aryl methyl sites for hydroxylation is 1. The number of nitrogens with one attached hydrogen (secondary N) is 1. The van der Waals surface area contributed by atoms with E-state index in [9.17, 15) is 23.8 Å². The average molecular weight is 608 g/mol. The maximum atomic E-state index is 16.5. The lowest BCUT2D eigenvalue weighted by Gasteiger charge is -2.30. The molecule has 3 fully saturated rings. The highest BCUT2D eigenvalue weighted by molar-refractivity contribution is 6.01. The number of nitrogens with zero attached hydrogens (tertiary/aromatic N) is 4. The predicted octanol–water partition coefficient (Wildman–Crippen LogP) is 5.48. The summed E-state index contributed by atoms with van der Waals surface area (Å²) in [7, 11) is 0. The van der Waals surface area contributed by atoms with Crippen molar-refractivity contribution in [2.45, 2.75) is 50.7 Å². The molecule has 12 heteroatoms. The molecule has 2 aromatic heterocycles. The van der Waals surface area contributed by atoms with Crippen LogP contribution in [0, 0.1) is 23.5 Å². The number of carboxylic acid groups (broad SMARTS) is 1. The third-order valence-corrected chi connectivity index (χ3v) is 9.43. The quantitative estimate of drug-likeness (QED) is 0.227. The van der Waals surface area contributed by atoms with Crippen LogP contribution in [-0.2, 0) is 11.2 Å². The normalized spacial score (nSPS) is 24.6. The molecule has 1 saturated carbocycles. The van der Waals surface area contributed by atoms with Gasteiger partial charge in [0.05, 0.1) is 16.8 Å². The van der Waals surface area contributed by atoms with Gasteiger partial charge in [0.15, 0.2) is 5.82 Å². The van der Waals surface area contributed by atoms with E-state index in [0.29, 0.717) is 48.7 Å². The molecule has 1 aliphatic carbocycles. The Morgan fingerprint density at radius 2 is 2.09 bits per heavy atom. The molecule has 0 amide bonds. The lowest BCUT2D eigenvalue weighted by Crippen LogP contribution is -2.43. The minimum absolute atomic E-state index is 0.102. The molecule has 44 heavy (non-hydrogen) atoms. The molecule has 2 aromatic carbocycles. The van der Waals surface area contributed by atoms with Gasteiger partial charge in [-0.05, 0) is 72.7 Å². The van der Waals surface area contributed by atoms with Crippen LogP contribution in [0.1, 0.15) is 38.2 Å². The number of aliphatic carboxylic acids is 1. The molecule has 4 atom stereocenters. The van der Waals surface area contributed by atoms with Crippen molar-refractivity contribution >= 4 is 33.5 Å². The van der Waals surface area contributed by atoms with Crippen LogP contribution >= 0.6 is 0 Å². The number of carboxylic acids is 1. The second-order valence-corrected chi connectivity index (χ2v) is 12.2. The zero-order chi connectivity index (χ0) is 30.7. The van der Waals surface area contributed by atoms with Gasteiger partial charge in [-0.1, -0.05) is 13.0 Å². The Morgan fingerprint density at radius 1 is 1.25 bits per heavy atom. The highest BCUT2D eigenvalue weighted by Crippen LogP contribution is 2.42. The van der Waals surface area contributed by atoms with Crippen LogP contribution in [0.15, 0.2) is 30.5 Å². The molecule has 9 nitrogen and oxygen atoms in total. The second kappa shape index (κ2) is 10.8. The number of anilines is 1. The molecule has 0 bridgehead atoms. The zero-order valence-electron chi connectivity index (χ0n) is 24.1. The fraction of sp³-hybridized carbons (Fsp3) is 0.438. The van der Waals surface area contributed by atoms with E-state index in [1.807, 2.05) is 0 Å². The molecule has 0 spiro atoms. The molecule has 2 saturated heterocycles. The van der Waals surface area contributed by atoms with E-state index in [2.05, 4.69) is 25.2 Å². The van der Waals surface area contributed by atoms with Gasteiger partial charge in [-0.3, -0.25) is 14.7 Å². The Hall–Kier alpha value is -4.19. The highest BCUT2D eigenvalue weighted by atomic mass is 19.1. The summed E-state index contributed by atoms with van der Waals surface area (Å²) in [5, 5.41) is 24.2. The van der Waals surface area contributed by atoms with Crippen LogP contribution in [0.3, 0.4) is 0 Å². The van der Waals surface area contributed by atoms with Crippen LogP contribution in [0.5, 0.6) is 11.8 Å². The molecule has 0 unspecified atom stereocenters. The van der Waals surface area contributed by atoms with Gasteiger partial charge in [0.25, 0.3) is 0 Å². The summed E-state index contributed by atoms with van der Waals surface area (Å²) in [5.74, 6) is -2.58. The fourth-order valence-corrected chi connectivity index (χ4v) is 7.11. The Bertz CT molecular complexity index is 1810. The zero-order valence-corrected chi connectivity index (χ0v) is 24.1. The van der Waals surface area contributed by atoms with Gasteiger partial charge in [0, 0.05) is 31.3 Å². The summed E-state index contributed by atoms with van der Waals surface area (Å²) >= 11 is 0. The highest BCUT2D eigenvalue weighted by Gasteiger charge is 2.49. The third-order valence-electron chi connectivity index (χ3n) is 9.43. The van der Waals surface area contributed by atoms with E-state index >= 15 is 4.39 Å². The van der Waals surface area contributed by atoms with Gasteiger partial charge in [0.2, 0.25) is 0 Å². The van der Waals surface area contributed by atoms with Gasteiger partial charge in [0.1, 0.15) is 41.4 Å². The molecular formula is C32H32F3N5O4. The number of aromatic nitrogens is 3. The first-order chi connectivity index (χ1) is 21.2.